The fourth-order valence-electron chi connectivity index (χ4n) is 3.22. The molecule has 0 spiro atoms. The van der Waals surface area contributed by atoms with Crippen molar-refractivity contribution in [2.24, 2.45) is 0 Å². The third-order valence-electron chi connectivity index (χ3n) is 4.57. The topological polar surface area (TPSA) is 82.6 Å². The summed E-state index contributed by atoms with van der Waals surface area (Å²) in [6, 6.07) is 15.6. The van der Waals surface area contributed by atoms with Crippen LogP contribution in [0.2, 0.25) is 0 Å². The minimum Gasteiger partial charge on any atom is -0.305 e. The number of carbonyl (C=O) groups is 1. The lowest BCUT2D eigenvalue weighted by molar-refractivity contribution is 0.102. The number of rotatable bonds is 6. The molecule has 0 unspecified atom stereocenters. The van der Waals surface area contributed by atoms with E-state index in [0.717, 1.165) is 22.6 Å². The molecule has 3 aromatic heterocycles. The van der Waals surface area contributed by atoms with E-state index < -0.39 is 0 Å². The van der Waals surface area contributed by atoms with Gasteiger partial charge in [-0.2, -0.15) is 15.3 Å². The molecule has 8 nitrogen and oxygen atoms in total. The van der Waals surface area contributed by atoms with Gasteiger partial charge >= 0.3 is 0 Å². The van der Waals surface area contributed by atoms with Gasteiger partial charge in [-0.1, -0.05) is 30.3 Å². The summed E-state index contributed by atoms with van der Waals surface area (Å²) < 4.78 is 5.33. The van der Waals surface area contributed by atoms with E-state index in [4.69, 9.17) is 0 Å². The van der Waals surface area contributed by atoms with Gasteiger partial charge in [0.15, 0.2) is 5.69 Å². The first-order chi connectivity index (χ1) is 14.0. The zero-order valence-corrected chi connectivity index (χ0v) is 16.7. The number of anilines is 1. The van der Waals surface area contributed by atoms with Gasteiger partial charge in [-0.05, 0) is 38.5 Å². The molecule has 148 valence electrons. The predicted octanol–water partition coefficient (Wildman–Crippen LogP) is 3.01. The molecule has 0 radical (unpaired) electrons. The fourth-order valence-corrected chi connectivity index (χ4v) is 3.22. The Kier molecular flexibility index (Phi) is 4.99. The smallest absolute Gasteiger partial charge is 0.277 e. The fraction of sp³-hybridized carbons (Fsp3) is 0.238. The van der Waals surface area contributed by atoms with Crippen molar-refractivity contribution < 1.29 is 4.79 Å². The van der Waals surface area contributed by atoms with Crippen LogP contribution in [0.3, 0.4) is 0 Å². The number of benzene rings is 1. The summed E-state index contributed by atoms with van der Waals surface area (Å²) in [5.74, 6) is 0.371. The molecule has 0 fully saturated rings. The van der Waals surface area contributed by atoms with Crippen LogP contribution in [0, 0.1) is 20.8 Å². The van der Waals surface area contributed by atoms with E-state index in [1.54, 1.807) is 21.6 Å². The Labute approximate surface area is 168 Å². The number of aryl methyl sites for hydroxylation is 3. The standard InChI is InChI=1S/C21H23N7O/c1-15-11-17(3)28(24-15)14-26-10-9-19(25-26)21(29)22-20-12-16(2)23-27(20)13-18-7-5-4-6-8-18/h4-12H,13-14H2,1-3H3,(H,22,29). The van der Waals surface area contributed by atoms with E-state index in [0.29, 0.717) is 24.7 Å². The predicted molar refractivity (Wildman–Crippen MR) is 110 cm³/mol. The Morgan fingerprint density at radius 2 is 1.66 bits per heavy atom. The van der Waals surface area contributed by atoms with E-state index in [1.165, 1.54) is 0 Å². The third-order valence-corrected chi connectivity index (χ3v) is 4.57. The summed E-state index contributed by atoms with van der Waals surface area (Å²) in [4.78, 5) is 12.7. The average Bonchev–Trinajstić information content (AvgIpc) is 3.36. The quantitative estimate of drug-likeness (QED) is 0.550. The highest BCUT2D eigenvalue weighted by Crippen LogP contribution is 2.14. The molecular weight excluding hydrogens is 366 g/mol. The van der Waals surface area contributed by atoms with Crippen LogP contribution >= 0.6 is 0 Å². The second-order valence-electron chi connectivity index (χ2n) is 7.08. The van der Waals surface area contributed by atoms with Gasteiger partial charge in [-0.25, -0.2) is 9.36 Å². The van der Waals surface area contributed by atoms with Crippen LogP contribution in [0.15, 0.2) is 54.7 Å². The second kappa shape index (κ2) is 7.75. The number of nitrogens with zero attached hydrogens (tertiary/aromatic N) is 6. The molecule has 1 N–H and O–H groups in total. The van der Waals surface area contributed by atoms with E-state index in [2.05, 4.69) is 20.6 Å². The molecule has 1 amide bonds. The van der Waals surface area contributed by atoms with Gasteiger partial charge in [-0.3, -0.25) is 9.48 Å². The van der Waals surface area contributed by atoms with Gasteiger partial charge in [0.2, 0.25) is 0 Å². The first-order valence-corrected chi connectivity index (χ1v) is 9.42. The van der Waals surface area contributed by atoms with Crippen LogP contribution in [0.25, 0.3) is 0 Å². The zero-order chi connectivity index (χ0) is 20.4. The minimum atomic E-state index is -0.272. The van der Waals surface area contributed by atoms with Crippen LogP contribution in [-0.4, -0.2) is 35.2 Å². The van der Waals surface area contributed by atoms with Crippen molar-refractivity contribution in [3.63, 3.8) is 0 Å². The number of hydrogen-bond donors (Lipinski definition) is 1. The molecule has 0 saturated carbocycles. The maximum absolute atomic E-state index is 12.7. The maximum atomic E-state index is 12.7. The summed E-state index contributed by atoms with van der Waals surface area (Å²) in [5, 5.41) is 16.2. The first-order valence-electron chi connectivity index (χ1n) is 9.42. The molecule has 1 aromatic carbocycles. The summed E-state index contributed by atoms with van der Waals surface area (Å²) in [5.41, 5.74) is 4.29. The van der Waals surface area contributed by atoms with E-state index >= 15 is 0 Å². The molecular formula is C21H23N7O. The molecule has 4 aromatic rings. The maximum Gasteiger partial charge on any atom is 0.277 e. The summed E-state index contributed by atoms with van der Waals surface area (Å²) in [6.07, 6.45) is 1.78. The highest BCUT2D eigenvalue weighted by molar-refractivity contribution is 6.02. The molecule has 4 rings (SSSR count). The van der Waals surface area contributed by atoms with Crippen LogP contribution < -0.4 is 5.32 Å². The number of carbonyl (C=O) groups excluding carboxylic acids is 1. The van der Waals surface area contributed by atoms with Gasteiger partial charge in [0.05, 0.1) is 17.9 Å². The largest absolute Gasteiger partial charge is 0.305 e. The molecule has 0 aliphatic heterocycles. The lowest BCUT2D eigenvalue weighted by Crippen LogP contribution is -2.18. The number of aromatic nitrogens is 6. The van der Waals surface area contributed by atoms with Crippen molar-refractivity contribution >= 4 is 11.7 Å². The highest BCUT2D eigenvalue weighted by atomic mass is 16.2. The van der Waals surface area contributed by atoms with Gasteiger partial charge < -0.3 is 5.32 Å². The van der Waals surface area contributed by atoms with Crippen molar-refractivity contribution in [3.05, 3.63) is 83.1 Å². The van der Waals surface area contributed by atoms with Crippen molar-refractivity contribution in [2.45, 2.75) is 34.0 Å². The highest BCUT2D eigenvalue weighted by Gasteiger charge is 2.14. The van der Waals surface area contributed by atoms with Crippen molar-refractivity contribution in [1.29, 1.82) is 0 Å². The van der Waals surface area contributed by atoms with Gasteiger partial charge in [0, 0.05) is 18.0 Å². The van der Waals surface area contributed by atoms with Crippen LogP contribution in [-0.2, 0) is 13.2 Å². The zero-order valence-electron chi connectivity index (χ0n) is 16.7. The number of hydrogen-bond acceptors (Lipinski definition) is 4. The Hall–Kier alpha value is -3.68. The molecule has 29 heavy (non-hydrogen) atoms. The Morgan fingerprint density at radius 3 is 2.38 bits per heavy atom. The minimum absolute atomic E-state index is 0.272. The van der Waals surface area contributed by atoms with Crippen molar-refractivity contribution in [2.75, 3.05) is 5.32 Å². The van der Waals surface area contributed by atoms with Crippen LogP contribution in [0.1, 0.15) is 33.1 Å². The molecule has 0 aliphatic carbocycles. The molecule has 3 heterocycles. The second-order valence-corrected chi connectivity index (χ2v) is 7.08. The lowest BCUT2D eigenvalue weighted by Gasteiger charge is -2.08. The molecule has 8 heteroatoms. The molecule has 0 bridgehead atoms. The Balaban J connectivity index is 1.47. The van der Waals surface area contributed by atoms with Gasteiger partial charge in [-0.15, -0.1) is 0 Å². The molecule has 0 atom stereocenters. The normalized spacial score (nSPS) is 11.0. The monoisotopic (exact) mass is 389 g/mol. The SMILES string of the molecule is Cc1cc(C)n(Cn2ccc(C(=O)Nc3cc(C)nn3Cc3ccccc3)n2)n1. The van der Waals surface area contributed by atoms with E-state index in [-0.39, 0.29) is 5.91 Å². The van der Waals surface area contributed by atoms with Crippen LogP contribution in [0.5, 0.6) is 0 Å². The van der Waals surface area contributed by atoms with E-state index in [9.17, 15) is 4.79 Å². The number of nitrogens with one attached hydrogen (secondary N) is 1. The van der Waals surface area contributed by atoms with Gasteiger partial charge in [0.1, 0.15) is 12.5 Å². The summed E-state index contributed by atoms with van der Waals surface area (Å²) in [6.45, 7) is 6.88. The Bertz CT molecular complexity index is 1140. The third kappa shape index (κ3) is 4.26. The first kappa shape index (κ1) is 18.7. The Morgan fingerprint density at radius 1 is 0.931 bits per heavy atom. The average molecular weight is 389 g/mol. The number of amides is 1. The lowest BCUT2D eigenvalue weighted by atomic mass is 10.2. The molecule has 0 saturated heterocycles. The van der Waals surface area contributed by atoms with Crippen molar-refractivity contribution in [1.82, 2.24) is 29.3 Å². The van der Waals surface area contributed by atoms with Crippen LogP contribution in [0.4, 0.5) is 5.82 Å². The van der Waals surface area contributed by atoms with Gasteiger partial charge in [0.25, 0.3) is 5.91 Å². The molecule has 0 aliphatic rings. The summed E-state index contributed by atoms with van der Waals surface area (Å²) in [7, 11) is 0. The summed E-state index contributed by atoms with van der Waals surface area (Å²) >= 11 is 0. The van der Waals surface area contributed by atoms with E-state index in [1.807, 2.05) is 67.9 Å². The van der Waals surface area contributed by atoms with Crippen molar-refractivity contribution in [3.8, 4) is 0 Å².